The normalized spacial score (nSPS) is 11.1. The van der Waals surface area contributed by atoms with Crippen LogP contribution in [0, 0.1) is 6.92 Å². The summed E-state index contributed by atoms with van der Waals surface area (Å²) in [6.45, 7) is 2.45. The van der Waals surface area contributed by atoms with E-state index in [9.17, 15) is 4.79 Å². The first-order valence-electron chi connectivity index (χ1n) is 7.87. The number of hydrogen-bond donors (Lipinski definition) is 0. The van der Waals surface area contributed by atoms with Crippen LogP contribution in [0.4, 0.5) is 0 Å². The molecule has 5 nitrogen and oxygen atoms in total. The van der Waals surface area contributed by atoms with Crippen molar-refractivity contribution < 1.29 is 0 Å². The second-order valence-corrected chi connectivity index (χ2v) is 6.27. The Hall–Kier alpha value is -2.92. The van der Waals surface area contributed by atoms with Crippen LogP contribution < -0.4 is 5.56 Å². The molecule has 0 unspecified atom stereocenters. The first-order chi connectivity index (χ1) is 12.1. The van der Waals surface area contributed by atoms with E-state index >= 15 is 0 Å². The molecule has 0 atom stereocenters. The van der Waals surface area contributed by atoms with Crippen molar-refractivity contribution in [3.8, 4) is 11.3 Å². The van der Waals surface area contributed by atoms with Gasteiger partial charge in [0.25, 0.3) is 5.56 Å². The third-order valence-electron chi connectivity index (χ3n) is 4.11. The summed E-state index contributed by atoms with van der Waals surface area (Å²) in [5, 5.41) is 0.665. The summed E-state index contributed by atoms with van der Waals surface area (Å²) in [5.41, 5.74) is 3.30. The lowest BCUT2D eigenvalue weighted by atomic mass is 10.2. The van der Waals surface area contributed by atoms with E-state index in [0.717, 1.165) is 22.6 Å². The number of halogens is 1. The van der Waals surface area contributed by atoms with Gasteiger partial charge in [0.1, 0.15) is 0 Å². The number of imidazole rings is 1. The van der Waals surface area contributed by atoms with Gasteiger partial charge in [0, 0.05) is 34.7 Å². The second kappa shape index (κ2) is 6.18. The molecule has 0 fully saturated rings. The zero-order valence-corrected chi connectivity index (χ0v) is 14.3. The molecule has 0 bridgehead atoms. The van der Waals surface area contributed by atoms with Gasteiger partial charge in [-0.1, -0.05) is 29.8 Å². The highest BCUT2D eigenvalue weighted by Crippen LogP contribution is 2.21. The van der Waals surface area contributed by atoms with Crippen molar-refractivity contribution >= 4 is 17.4 Å². The van der Waals surface area contributed by atoms with E-state index in [1.165, 1.54) is 0 Å². The van der Waals surface area contributed by atoms with Crippen molar-refractivity contribution in [2.45, 2.75) is 13.5 Å². The number of rotatable bonds is 3. The smallest absolute Gasteiger partial charge is 0.259 e. The molecule has 3 aromatic heterocycles. The van der Waals surface area contributed by atoms with Crippen molar-refractivity contribution in [3.05, 3.63) is 87.7 Å². The average Bonchev–Trinajstić information content (AvgIpc) is 3.06. The Morgan fingerprint density at radius 3 is 2.64 bits per heavy atom. The topological polar surface area (TPSA) is 52.2 Å². The molecule has 4 rings (SSSR count). The molecule has 0 saturated carbocycles. The fourth-order valence-corrected chi connectivity index (χ4v) is 2.94. The Bertz CT molecular complexity index is 1100. The molecule has 0 aliphatic carbocycles. The Kier molecular flexibility index (Phi) is 3.86. The average molecular weight is 351 g/mol. The largest absolute Gasteiger partial charge is 0.309 e. The maximum atomic E-state index is 12.4. The van der Waals surface area contributed by atoms with Crippen LogP contribution in [-0.2, 0) is 6.54 Å². The Morgan fingerprint density at radius 2 is 1.92 bits per heavy atom. The molecule has 25 heavy (non-hydrogen) atoms. The van der Waals surface area contributed by atoms with E-state index < -0.39 is 0 Å². The highest BCUT2D eigenvalue weighted by molar-refractivity contribution is 6.30. The zero-order valence-electron chi connectivity index (χ0n) is 13.6. The summed E-state index contributed by atoms with van der Waals surface area (Å²) in [6.07, 6.45) is 3.52. The predicted octanol–water partition coefficient (Wildman–Crippen LogP) is 3.57. The number of aryl methyl sites for hydroxylation is 1. The van der Waals surface area contributed by atoms with Gasteiger partial charge in [-0.3, -0.25) is 14.2 Å². The lowest BCUT2D eigenvalue weighted by molar-refractivity contribution is 0.732. The molecule has 3 heterocycles. The number of hydrogen-bond acceptors (Lipinski definition) is 3. The summed E-state index contributed by atoms with van der Waals surface area (Å²) in [5.74, 6) is 0.598. The van der Waals surface area contributed by atoms with Crippen molar-refractivity contribution in [2.75, 3.05) is 0 Å². The molecular formula is C19H15ClN4O. The molecule has 0 amide bonds. The van der Waals surface area contributed by atoms with Crippen molar-refractivity contribution in [3.63, 3.8) is 0 Å². The summed E-state index contributed by atoms with van der Waals surface area (Å²) < 4.78 is 3.56. The van der Waals surface area contributed by atoms with Gasteiger partial charge < -0.3 is 4.57 Å². The molecule has 6 heteroatoms. The zero-order chi connectivity index (χ0) is 17.4. The van der Waals surface area contributed by atoms with E-state index in [-0.39, 0.29) is 5.56 Å². The van der Waals surface area contributed by atoms with E-state index in [0.29, 0.717) is 17.3 Å². The quantitative estimate of drug-likeness (QED) is 0.567. The van der Waals surface area contributed by atoms with E-state index in [4.69, 9.17) is 11.6 Å². The molecule has 0 radical (unpaired) electrons. The predicted molar refractivity (Wildman–Crippen MR) is 98.0 cm³/mol. The number of fused-ring (bicyclic) bond motifs is 1. The first kappa shape index (κ1) is 15.6. The molecule has 0 spiro atoms. The van der Waals surface area contributed by atoms with Gasteiger partial charge in [-0.15, -0.1) is 0 Å². The van der Waals surface area contributed by atoms with Crippen LogP contribution in [0.2, 0.25) is 5.02 Å². The fraction of sp³-hybridized carbons (Fsp3) is 0.105. The summed E-state index contributed by atoms with van der Waals surface area (Å²) in [6, 6.07) is 14.8. The SMILES string of the molecule is Cc1cc(=O)n2cc(-c3ccc(Cl)cc3)nc2n1Cc1ccccn1. The van der Waals surface area contributed by atoms with E-state index in [1.807, 2.05) is 54.0 Å². The van der Waals surface area contributed by atoms with E-state index in [1.54, 1.807) is 22.9 Å². The van der Waals surface area contributed by atoms with Crippen molar-refractivity contribution in [2.24, 2.45) is 0 Å². The summed E-state index contributed by atoms with van der Waals surface area (Å²) >= 11 is 5.95. The van der Waals surface area contributed by atoms with Crippen LogP contribution in [0.3, 0.4) is 0 Å². The Labute approximate surface area is 149 Å². The fourth-order valence-electron chi connectivity index (χ4n) is 2.82. The standard InChI is InChI=1S/C19H15ClN4O/c1-13-10-18(25)24-12-17(14-5-7-15(20)8-6-14)22-19(24)23(13)11-16-4-2-3-9-21-16/h2-10,12H,11H2,1H3. The highest BCUT2D eigenvalue weighted by Gasteiger charge is 2.12. The minimum absolute atomic E-state index is 0.0996. The third-order valence-corrected chi connectivity index (χ3v) is 4.36. The van der Waals surface area contributed by atoms with Gasteiger partial charge in [0.15, 0.2) is 0 Å². The van der Waals surface area contributed by atoms with Crippen LogP contribution in [0.15, 0.2) is 65.7 Å². The van der Waals surface area contributed by atoms with E-state index in [2.05, 4.69) is 9.97 Å². The van der Waals surface area contributed by atoms with Crippen molar-refractivity contribution in [1.29, 1.82) is 0 Å². The van der Waals surface area contributed by atoms with Crippen LogP contribution in [0.5, 0.6) is 0 Å². The monoisotopic (exact) mass is 350 g/mol. The molecule has 0 aliphatic heterocycles. The van der Waals surface area contributed by atoms with Crippen molar-refractivity contribution in [1.82, 2.24) is 18.9 Å². The summed E-state index contributed by atoms with van der Waals surface area (Å²) in [7, 11) is 0. The Balaban J connectivity index is 1.88. The minimum atomic E-state index is -0.0996. The molecular weight excluding hydrogens is 336 g/mol. The van der Waals surface area contributed by atoms with Gasteiger partial charge in [-0.2, -0.15) is 0 Å². The second-order valence-electron chi connectivity index (χ2n) is 5.83. The molecule has 0 aliphatic rings. The third kappa shape index (κ3) is 2.94. The lowest BCUT2D eigenvalue weighted by Crippen LogP contribution is -2.19. The van der Waals surface area contributed by atoms with Gasteiger partial charge >= 0.3 is 0 Å². The number of benzene rings is 1. The lowest BCUT2D eigenvalue weighted by Gasteiger charge is -2.11. The van der Waals surface area contributed by atoms with Crippen LogP contribution >= 0.6 is 11.6 Å². The van der Waals surface area contributed by atoms with Gasteiger partial charge in [-0.25, -0.2) is 4.98 Å². The molecule has 4 aromatic rings. The van der Waals surface area contributed by atoms with Crippen LogP contribution in [-0.4, -0.2) is 18.9 Å². The molecule has 1 aromatic carbocycles. The van der Waals surface area contributed by atoms with Gasteiger partial charge in [-0.05, 0) is 31.2 Å². The number of pyridine rings is 1. The minimum Gasteiger partial charge on any atom is -0.309 e. The van der Waals surface area contributed by atoms with Crippen LogP contribution in [0.1, 0.15) is 11.4 Å². The maximum Gasteiger partial charge on any atom is 0.259 e. The maximum absolute atomic E-state index is 12.4. The Morgan fingerprint density at radius 1 is 1.12 bits per heavy atom. The van der Waals surface area contributed by atoms with Gasteiger partial charge in [0.05, 0.1) is 17.9 Å². The highest BCUT2D eigenvalue weighted by atomic mass is 35.5. The number of nitrogens with zero attached hydrogens (tertiary/aromatic N) is 4. The van der Waals surface area contributed by atoms with Gasteiger partial charge in [0.2, 0.25) is 5.78 Å². The molecule has 0 saturated heterocycles. The summed E-state index contributed by atoms with van der Waals surface area (Å²) in [4.78, 5) is 21.4. The first-order valence-corrected chi connectivity index (χ1v) is 8.25. The van der Waals surface area contributed by atoms with Crippen LogP contribution in [0.25, 0.3) is 17.0 Å². The molecule has 124 valence electrons. The molecule has 0 N–H and O–H groups in total. The number of aromatic nitrogens is 4.